The van der Waals surface area contributed by atoms with Crippen LogP contribution in [0.3, 0.4) is 0 Å². The molecule has 284 valence electrons. The fraction of sp³-hybridized carbons (Fsp3) is 0. The fourth-order valence-corrected chi connectivity index (χ4v) is 9.24. The standard InChI is InChI=1S/C58H37N3/c1-2-19-47(20-3-1)61-55-26-9-8-23-50(55)53-36-45(31-32-56(53)61)44-17-11-16-43(34-44)42-15-10-13-40(33-42)38-27-29-39(30-28-38)41-14-12-18-46(35-41)54-37-59-57-51-24-6-4-21-48(51)49-22-5-7-25-52(49)58(57)60-54/h1-37H. The van der Waals surface area contributed by atoms with E-state index >= 15 is 0 Å². The molecule has 0 amide bonds. The highest BCUT2D eigenvalue weighted by atomic mass is 15.0. The van der Waals surface area contributed by atoms with E-state index in [1.807, 2.05) is 6.20 Å². The van der Waals surface area contributed by atoms with E-state index in [4.69, 9.17) is 9.97 Å². The molecular formula is C58H37N3. The minimum atomic E-state index is 0.864. The van der Waals surface area contributed by atoms with Crippen LogP contribution in [-0.2, 0) is 0 Å². The highest BCUT2D eigenvalue weighted by Gasteiger charge is 2.15. The SMILES string of the molecule is c1ccc(-n2c3ccccc3c3cc(-c4cccc(-c5cccc(-c6ccc(-c7cccc(-c8cnc9c%10ccccc%10c%10ccccc%10c9n8)c7)cc6)c5)c4)ccc32)cc1. The van der Waals surface area contributed by atoms with E-state index in [0.717, 1.165) is 44.2 Å². The van der Waals surface area contributed by atoms with Gasteiger partial charge in [-0.15, -0.1) is 0 Å². The van der Waals surface area contributed by atoms with Gasteiger partial charge >= 0.3 is 0 Å². The number of hydrogen-bond acceptors (Lipinski definition) is 2. The Morgan fingerprint density at radius 2 is 0.721 bits per heavy atom. The van der Waals surface area contributed by atoms with E-state index in [0.29, 0.717) is 0 Å². The lowest BCUT2D eigenvalue weighted by molar-refractivity contribution is 1.18. The maximum Gasteiger partial charge on any atom is 0.0979 e. The number of nitrogens with zero attached hydrogens (tertiary/aromatic N) is 3. The predicted octanol–water partition coefficient (Wildman–Crippen LogP) is 15.4. The Balaban J connectivity index is 0.840. The molecule has 0 aliphatic carbocycles. The number of aromatic nitrogens is 3. The first-order valence-corrected chi connectivity index (χ1v) is 20.8. The van der Waals surface area contributed by atoms with Crippen LogP contribution in [0, 0.1) is 0 Å². The highest BCUT2D eigenvalue weighted by Crippen LogP contribution is 2.38. The van der Waals surface area contributed by atoms with Crippen molar-refractivity contribution in [2.45, 2.75) is 0 Å². The van der Waals surface area contributed by atoms with Gasteiger partial charge in [0.15, 0.2) is 0 Å². The van der Waals surface area contributed by atoms with Crippen molar-refractivity contribution in [1.82, 2.24) is 14.5 Å². The summed E-state index contributed by atoms with van der Waals surface area (Å²) in [6.07, 6.45) is 1.92. The van der Waals surface area contributed by atoms with Gasteiger partial charge in [0.2, 0.25) is 0 Å². The van der Waals surface area contributed by atoms with Gasteiger partial charge in [0.05, 0.1) is 34.0 Å². The first-order valence-electron chi connectivity index (χ1n) is 20.8. The van der Waals surface area contributed by atoms with Crippen LogP contribution in [0.15, 0.2) is 225 Å². The van der Waals surface area contributed by atoms with Crippen LogP contribution in [0.5, 0.6) is 0 Å². The number of fused-ring (bicyclic) bond motifs is 9. The third-order valence-corrected chi connectivity index (χ3v) is 12.2. The Bertz CT molecular complexity index is 3600. The molecule has 3 nitrogen and oxygen atoms in total. The van der Waals surface area contributed by atoms with E-state index in [1.165, 1.54) is 71.6 Å². The van der Waals surface area contributed by atoms with Gasteiger partial charge in [-0.05, 0) is 104 Å². The van der Waals surface area contributed by atoms with Gasteiger partial charge in [-0.2, -0.15) is 0 Å². The maximum atomic E-state index is 5.24. The zero-order chi connectivity index (χ0) is 40.3. The Morgan fingerprint density at radius 3 is 1.34 bits per heavy atom. The van der Waals surface area contributed by atoms with Crippen LogP contribution in [-0.4, -0.2) is 14.5 Å². The quantitative estimate of drug-likeness (QED) is 0.158. The van der Waals surface area contributed by atoms with Crippen molar-refractivity contribution >= 4 is 54.4 Å². The van der Waals surface area contributed by atoms with Crippen LogP contribution in [0.25, 0.3) is 116 Å². The van der Waals surface area contributed by atoms with Crippen LogP contribution < -0.4 is 0 Å². The zero-order valence-electron chi connectivity index (χ0n) is 33.2. The molecule has 12 aromatic rings. The normalized spacial score (nSPS) is 11.6. The molecule has 2 heterocycles. The first-order chi connectivity index (χ1) is 30.2. The summed E-state index contributed by atoms with van der Waals surface area (Å²) in [4.78, 5) is 10.2. The smallest absolute Gasteiger partial charge is 0.0979 e. The lowest BCUT2D eigenvalue weighted by atomic mass is 9.95. The van der Waals surface area contributed by atoms with Crippen LogP contribution in [0.1, 0.15) is 0 Å². The van der Waals surface area contributed by atoms with Crippen molar-refractivity contribution in [1.29, 1.82) is 0 Å². The lowest BCUT2D eigenvalue weighted by Gasteiger charge is -2.11. The molecule has 0 spiro atoms. The minimum absolute atomic E-state index is 0.864. The van der Waals surface area contributed by atoms with Crippen LogP contribution in [0.4, 0.5) is 0 Å². The summed E-state index contributed by atoms with van der Waals surface area (Å²) in [5.41, 5.74) is 16.8. The second kappa shape index (κ2) is 14.3. The van der Waals surface area contributed by atoms with Gasteiger partial charge in [0, 0.05) is 32.8 Å². The van der Waals surface area contributed by atoms with Gasteiger partial charge in [-0.25, -0.2) is 4.98 Å². The average Bonchev–Trinajstić information content (AvgIpc) is 3.68. The molecule has 10 aromatic carbocycles. The molecule has 0 aliphatic rings. The van der Waals surface area contributed by atoms with Crippen LogP contribution in [0.2, 0.25) is 0 Å². The summed E-state index contributed by atoms with van der Waals surface area (Å²) >= 11 is 0. The number of para-hydroxylation sites is 2. The summed E-state index contributed by atoms with van der Waals surface area (Å²) in [6, 6.07) is 78.5. The monoisotopic (exact) mass is 775 g/mol. The second-order valence-corrected chi connectivity index (χ2v) is 15.8. The molecule has 0 saturated heterocycles. The first kappa shape index (κ1) is 34.9. The van der Waals surface area contributed by atoms with Gasteiger partial charge in [-0.3, -0.25) is 4.98 Å². The fourth-order valence-electron chi connectivity index (χ4n) is 9.24. The van der Waals surface area contributed by atoms with Crippen molar-refractivity contribution in [3.8, 4) is 61.5 Å². The molecule has 0 radical (unpaired) electrons. The Labute approximate surface area is 353 Å². The molecule has 0 atom stereocenters. The summed E-state index contributed by atoms with van der Waals surface area (Å²) in [6.45, 7) is 0. The van der Waals surface area contributed by atoms with Gasteiger partial charge < -0.3 is 4.57 Å². The maximum absolute atomic E-state index is 5.24. The molecule has 2 aromatic heterocycles. The summed E-state index contributed by atoms with van der Waals surface area (Å²) < 4.78 is 2.37. The molecule has 0 unspecified atom stereocenters. The van der Waals surface area contributed by atoms with Gasteiger partial charge in [0.25, 0.3) is 0 Å². The summed E-state index contributed by atoms with van der Waals surface area (Å²) in [7, 11) is 0. The summed E-state index contributed by atoms with van der Waals surface area (Å²) in [5.74, 6) is 0. The van der Waals surface area contributed by atoms with E-state index in [1.54, 1.807) is 0 Å². The molecule has 0 aliphatic heterocycles. The van der Waals surface area contributed by atoms with E-state index < -0.39 is 0 Å². The van der Waals surface area contributed by atoms with E-state index in [9.17, 15) is 0 Å². The summed E-state index contributed by atoms with van der Waals surface area (Å²) in [5, 5.41) is 7.16. The third kappa shape index (κ3) is 5.98. The number of benzene rings is 10. The molecule has 3 heteroatoms. The molecule has 12 rings (SSSR count). The Morgan fingerprint density at radius 1 is 0.279 bits per heavy atom. The van der Waals surface area contributed by atoms with E-state index in [-0.39, 0.29) is 0 Å². The van der Waals surface area contributed by atoms with Gasteiger partial charge in [0.1, 0.15) is 0 Å². The molecule has 0 bridgehead atoms. The topological polar surface area (TPSA) is 30.7 Å². The van der Waals surface area contributed by atoms with Crippen molar-refractivity contribution in [2.75, 3.05) is 0 Å². The second-order valence-electron chi connectivity index (χ2n) is 15.8. The Kier molecular flexibility index (Phi) is 8.17. The molecule has 0 saturated carbocycles. The molecule has 0 fully saturated rings. The van der Waals surface area contributed by atoms with Crippen molar-refractivity contribution in [3.63, 3.8) is 0 Å². The average molecular weight is 776 g/mol. The molecular weight excluding hydrogens is 739 g/mol. The predicted molar refractivity (Wildman–Crippen MR) is 256 cm³/mol. The molecule has 0 N–H and O–H groups in total. The third-order valence-electron chi connectivity index (χ3n) is 12.2. The largest absolute Gasteiger partial charge is 0.309 e. The molecule has 61 heavy (non-hydrogen) atoms. The van der Waals surface area contributed by atoms with E-state index in [2.05, 4.69) is 223 Å². The minimum Gasteiger partial charge on any atom is -0.309 e. The van der Waals surface area contributed by atoms with Crippen molar-refractivity contribution in [2.24, 2.45) is 0 Å². The van der Waals surface area contributed by atoms with Crippen molar-refractivity contribution in [3.05, 3.63) is 225 Å². The number of hydrogen-bond donors (Lipinski definition) is 0. The van der Waals surface area contributed by atoms with Gasteiger partial charge in [-0.1, -0.05) is 170 Å². The highest BCUT2D eigenvalue weighted by molar-refractivity contribution is 6.23. The Hall–Kier alpha value is -8.14. The van der Waals surface area contributed by atoms with Crippen molar-refractivity contribution < 1.29 is 0 Å². The zero-order valence-corrected chi connectivity index (χ0v) is 33.2. The van der Waals surface area contributed by atoms with Crippen LogP contribution >= 0.6 is 0 Å². The lowest BCUT2D eigenvalue weighted by Crippen LogP contribution is -1.92. The number of rotatable bonds is 6.